The van der Waals surface area contributed by atoms with Crippen LogP contribution in [0.15, 0.2) is 53.5 Å². The van der Waals surface area contributed by atoms with E-state index in [4.69, 9.17) is 20.2 Å². The number of carbonyl (C=O) groups excluding carboxylic acids is 2. The Labute approximate surface area is 509 Å². The predicted molar refractivity (Wildman–Crippen MR) is 334 cm³/mol. The van der Waals surface area contributed by atoms with Crippen molar-refractivity contribution >= 4 is 39.4 Å². The van der Waals surface area contributed by atoms with Crippen LogP contribution >= 0.6 is 21.6 Å². The van der Waals surface area contributed by atoms with Crippen molar-refractivity contribution in [2.24, 2.45) is 79.2 Å². The molecule has 11 aliphatic carbocycles. The topological polar surface area (TPSA) is 147 Å². The second kappa shape index (κ2) is 20.6. The number of allylic oxidation sites excluding steroid dienone is 1. The SMILES string of the molecule is CC(=O)OC12CCc3cc(c(O)c4c3C3C=CC5(CCCC5C3)O4)CN3CC4(CC3=O)C(CCC4c3ccccc3)CN=C(N)NC3(CCCC34CCCC4)SSCC3CCC(CC34CCC35CCCC3CCC3CCCC354)C(CC1)C(O)C2. The van der Waals surface area contributed by atoms with E-state index in [1.165, 1.54) is 133 Å². The summed E-state index contributed by atoms with van der Waals surface area (Å²) in [4.78, 5) is 35.9. The maximum Gasteiger partial charge on any atom is 0.303 e. The van der Waals surface area contributed by atoms with Crippen molar-refractivity contribution in [2.75, 3.05) is 18.8 Å². The van der Waals surface area contributed by atoms with E-state index >= 15 is 4.79 Å². The van der Waals surface area contributed by atoms with Crippen LogP contribution < -0.4 is 15.8 Å². The van der Waals surface area contributed by atoms with E-state index in [-0.39, 0.29) is 69.0 Å². The number of nitrogens with zero attached hydrogens (tertiary/aromatic N) is 2. The molecule has 0 aromatic heterocycles. The maximum absolute atomic E-state index is 15.1. The van der Waals surface area contributed by atoms with E-state index in [2.05, 4.69) is 75.5 Å². The van der Waals surface area contributed by atoms with Crippen molar-refractivity contribution in [1.29, 1.82) is 0 Å². The first-order valence-electron chi connectivity index (χ1n) is 34.6. The molecule has 19 rings (SSSR count). The molecular weight excluding hydrogens is 1080 g/mol. The van der Waals surface area contributed by atoms with Gasteiger partial charge in [-0.2, -0.15) is 0 Å². The molecule has 0 radical (unpaired) electrons. The summed E-state index contributed by atoms with van der Waals surface area (Å²) < 4.78 is 14.0. The van der Waals surface area contributed by atoms with Crippen LogP contribution in [0.1, 0.15) is 240 Å². The number of amides is 1. The smallest absolute Gasteiger partial charge is 0.303 e. The molecule has 1 amide bonds. The van der Waals surface area contributed by atoms with Crippen molar-refractivity contribution in [3.63, 3.8) is 0 Å². The number of guanidine groups is 1. The number of carbonyl (C=O) groups is 2. The summed E-state index contributed by atoms with van der Waals surface area (Å²) in [5, 5.41) is 30.0. The quantitative estimate of drug-likeness (QED) is 0.130. The highest BCUT2D eigenvalue weighted by Crippen LogP contribution is 2.84. The van der Waals surface area contributed by atoms with Gasteiger partial charge in [0.2, 0.25) is 5.91 Å². The van der Waals surface area contributed by atoms with E-state index in [1.54, 1.807) is 6.92 Å². The van der Waals surface area contributed by atoms with Gasteiger partial charge in [-0.05, 0) is 248 Å². The summed E-state index contributed by atoms with van der Waals surface area (Å²) in [7, 11) is 4.39. The summed E-state index contributed by atoms with van der Waals surface area (Å²) in [6.07, 6.45) is 40.5. The lowest BCUT2D eigenvalue weighted by Gasteiger charge is -2.65. The zero-order chi connectivity index (χ0) is 56.9. The molecule has 7 spiro atoms. The minimum atomic E-state index is -0.809. The van der Waals surface area contributed by atoms with Crippen molar-refractivity contribution in [1.82, 2.24) is 10.2 Å². The van der Waals surface area contributed by atoms with Gasteiger partial charge in [-0.1, -0.05) is 83.7 Å². The molecule has 2 aromatic carbocycles. The molecule has 10 nitrogen and oxygen atoms in total. The Morgan fingerprint density at radius 2 is 1.56 bits per heavy atom. The van der Waals surface area contributed by atoms with Gasteiger partial charge < -0.3 is 35.6 Å². The van der Waals surface area contributed by atoms with Crippen molar-refractivity contribution in [3.05, 3.63) is 70.8 Å². The Bertz CT molecular complexity index is 2980. The van der Waals surface area contributed by atoms with Crippen LogP contribution in [0.4, 0.5) is 0 Å². The lowest BCUT2D eigenvalue weighted by atomic mass is 9.40. The van der Waals surface area contributed by atoms with Crippen LogP contribution in [0.25, 0.3) is 0 Å². The number of esters is 1. The van der Waals surface area contributed by atoms with Gasteiger partial charge in [0.05, 0.1) is 6.10 Å². The summed E-state index contributed by atoms with van der Waals surface area (Å²) in [6, 6.07) is 13.1. The molecule has 2 aromatic rings. The number of aliphatic imine (C=N–C) groups is 1. The number of nitrogens with two attached hydrogens (primary N) is 1. The summed E-state index contributed by atoms with van der Waals surface area (Å²) in [6.45, 7) is 3.02. The zero-order valence-corrected chi connectivity index (χ0v) is 52.3. The molecule has 6 heterocycles. The van der Waals surface area contributed by atoms with Crippen molar-refractivity contribution in [2.45, 2.75) is 253 Å². The molecule has 12 heteroatoms. The van der Waals surface area contributed by atoms with Crippen molar-refractivity contribution in [3.8, 4) is 11.5 Å². The number of ether oxygens (including phenoxy) is 2. The molecule has 17 aliphatic rings. The van der Waals surface area contributed by atoms with Crippen LogP contribution in [0, 0.1) is 68.5 Å². The minimum absolute atomic E-state index is 0.0917. The van der Waals surface area contributed by atoms with E-state index < -0.39 is 17.3 Å². The highest BCUT2D eigenvalue weighted by Gasteiger charge is 2.76. The number of hydrogen-bond acceptors (Lipinski definition) is 11. The molecule has 11 fully saturated rings. The van der Waals surface area contributed by atoms with Crippen molar-refractivity contribution < 1.29 is 29.3 Å². The third kappa shape index (κ3) is 8.19. The van der Waals surface area contributed by atoms with E-state index in [0.29, 0.717) is 79.1 Å². The summed E-state index contributed by atoms with van der Waals surface area (Å²) in [5.41, 5.74) is 11.3. The second-order valence-corrected chi connectivity index (χ2v) is 34.1. The first-order valence-corrected chi connectivity index (χ1v) is 36.9. The Balaban J connectivity index is 0.802. The Kier molecular flexibility index (Phi) is 13.7. The van der Waals surface area contributed by atoms with Gasteiger partial charge in [0, 0.05) is 78.9 Å². The van der Waals surface area contributed by atoms with Gasteiger partial charge in [-0.3, -0.25) is 14.6 Å². The molecule has 5 N–H and O–H groups in total. The normalized spacial score (nSPS) is 45.4. The van der Waals surface area contributed by atoms with Crippen LogP contribution in [-0.2, 0) is 27.3 Å². The molecule has 84 heavy (non-hydrogen) atoms. The second-order valence-electron chi connectivity index (χ2n) is 31.4. The van der Waals surface area contributed by atoms with Gasteiger partial charge >= 0.3 is 5.97 Å². The molecule has 17 atom stereocenters. The Hall–Kier alpha value is -3.35. The first-order chi connectivity index (χ1) is 40.8. The highest BCUT2D eigenvalue weighted by atomic mass is 33.1. The molecule has 10 bridgehead atoms. The zero-order valence-electron chi connectivity index (χ0n) is 50.7. The molecular formula is C72H98N4O6S2. The predicted octanol–water partition coefficient (Wildman–Crippen LogP) is 15.0. The monoisotopic (exact) mass is 1180 g/mol. The third-order valence-electron chi connectivity index (χ3n) is 28.7. The number of fused-ring (bicyclic) bond motifs is 1. The fourth-order valence-corrected chi connectivity index (χ4v) is 29.5. The average molecular weight is 1180 g/mol. The molecule has 17 unspecified atom stereocenters. The number of phenols is 1. The molecule has 454 valence electrons. The number of hydrogen-bond donors (Lipinski definition) is 4. The number of aliphatic hydroxyl groups is 1. The highest BCUT2D eigenvalue weighted by molar-refractivity contribution is 8.77. The van der Waals surface area contributed by atoms with Crippen LogP contribution in [0.3, 0.4) is 0 Å². The fraction of sp³-hybridized carbons (Fsp3) is 0.764. The van der Waals surface area contributed by atoms with Crippen LogP contribution in [0.2, 0.25) is 0 Å². The largest absolute Gasteiger partial charge is 0.504 e. The lowest BCUT2D eigenvalue weighted by Crippen LogP contribution is -2.59. The van der Waals surface area contributed by atoms with Crippen LogP contribution in [0.5, 0.6) is 11.5 Å². The fourth-order valence-electron chi connectivity index (χ4n) is 25.5. The van der Waals surface area contributed by atoms with Gasteiger partial charge in [0.25, 0.3) is 0 Å². The molecule has 1 saturated heterocycles. The number of rotatable bonds is 2. The molecule has 6 aliphatic heterocycles. The first kappa shape index (κ1) is 55.9. The number of nitrogens with one attached hydrogen (secondary N) is 1. The Morgan fingerprint density at radius 1 is 0.786 bits per heavy atom. The van der Waals surface area contributed by atoms with Gasteiger partial charge in [-0.25, -0.2) is 0 Å². The van der Waals surface area contributed by atoms with E-state index in [9.17, 15) is 15.0 Å². The summed E-state index contributed by atoms with van der Waals surface area (Å²) >= 11 is 0. The number of phenolic OH excluding ortho intramolecular Hbond substituents is 1. The lowest BCUT2D eigenvalue weighted by molar-refractivity contribution is -0.178. The van der Waals surface area contributed by atoms with E-state index in [0.717, 1.165) is 86.3 Å². The Morgan fingerprint density at radius 3 is 2.42 bits per heavy atom. The third-order valence-corrected chi connectivity index (χ3v) is 32.0. The average Bonchev–Trinajstić information content (AvgIpc) is 1.86. The number of aromatic hydroxyl groups is 1. The minimum Gasteiger partial charge on any atom is -0.504 e. The molecule has 10 saturated carbocycles. The van der Waals surface area contributed by atoms with E-state index in [1.807, 2.05) is 4.90 Å². The standard InChI is InChI=1S/C72H98N4O6S2/c1-46(77)81-66-32-22-48-37-51(62(80)63-61(48)49-23-34-70(82-63)29-8-15-54(70)38-49)43-76-45-67(41-60(76)79)55(20-21-58(67)47-11-3-2-4-12-47)42-74-64(73)75-72(31-10-27-65(72)25-5-6-26-65)84-83-44-56-17-16-50(57(24-33-66)59(78)40-66)39-69(56)36-35-68-28-7-13-52(68)18-19-53-14-9-30-71(53,68)69/h2-4,11-12,23,34,37,49-50,52-59,78,80H,5-10,13-22,24-33,35-36,38-45H2,1H3,(H3,73,74,75). The number of aryl methyl sites for hydroxylation is 1. The van der Waals surface area contributed by atoms with Gasteiger partial charge in [-0.15, -0.1) is 0 Å². The summed E-state index contributed by atoms with van der Waals surface area (Å²) in [5.74, 6) is 6.22. The number of aliphatic hydroxyl groups excluding tert-OH is 1. The van der Waals surface area contributed by atoms with Crippen LogP contribution in [-0.4, -0.2) is 74.0 Å². The van der Waals surface area contributed by atoms with Gasteiger partial charge in [0.1, 0.15) is 16.1 Å². The maximum atomic E-state index is 15.1. The van der Waals surface area contributed by atoms with Gasteiger partial charge in [0.15, 0.2) is 17.5 Å². The number of benzene rings is 2.